The number of carbonyl (C=O) groups is 3. The second-order valence-corrected chi connectivity index (χ2v) is 8.97. The van der Waals surface area contributed by atoms with Crippen molar-refractivity contribution in [2.45, 2.75) is 18.4 Å². The average Bonchev–Trinajstić information content (AvgIpc) is 3.16. The predicted molar refractivity (Wildman–Crippen MR) is 133 cm³/mol. The average molecular weight is 539 g/mol. The van der Waals surface area contributed by atoms with Crippen LogP contribution in [-0.4, -0.2) is 47.4 Å². The van der Waals surface area contributed by atoms with E-state index < -0.39 is 24.1 Å². The fourth-order valence-corrected chi connectivity index (χ4v) is 4.44. The summed E-state index contributed by atoms with van der Waals surface area (Å²) in [7, 11) is 0. The van der Waals surface area contributed by atoms with Gasteiger partial charge in [0, 0.05) is 16.9 Å². The standard InChI is InChI=1S/C26H23BrN2O6/c27-22-10-9-15(25(32)33)11-23(22)29-24(31)12-16(30)13-28-26(34)35-14-21-19-7-3-1-5-17(19)18-6-2-4-8-20(18)21/h1-11,16,21,30H,12-14H2,(H,28,34)(H,29,31)(H,32,33). The van der Waals surface area contributed by atoms with Gasteiger partial charge >= 0.3 is 12.1 Å². The number of nitrogens with one attached hydrogen (secondary N) is 2. The van der Waals surface area contributed by atoms with Crippen molar-refractivity contribution in [1.29, 1.82) is 0 Å². The Morgan fingerprint density at radius 1 is 0.971 bits per heavy atom. The number of benzene rings is 3. The summed E-state index contributed by atoms with van der Waals surface area (Å²) in [4.78, 5) is 35.6. The molecule has 180 valence electrons. The zero-order valence-corrected chi connectivity index (χ0v) is 20.1. The summed E-state index contributed by atoms with van der Waals surface area (Å²) in [6, 6.07) is 20.2. The van der Waals surface area contributed by atoms with Gasteiger partial charge in [-0.3, -0.25) is 4.79 Å². The summed E-state index contributed by atoms with van der Waals surface area (Å²) in [6.45, 7) is -0.0369. The van der Waals surface area contributed by atoms with Crippen LogP contribution in [0.15, 0.2) is 71.2 Å². The number of fused-ring (bicyclic) bond motifs is 3. The van der Waals surface area contributed by atoms with Crippen molar-refractivity contribution in [3.05, 3.63) is 87.9 Å². The third-order valence-corrected chi connectivity index (χ3v) is 6.43. The van der Waals surface area contributed by atoms with Crippen LogP contribution in [0.1, 0.15) is 33.8 Å². The normalized spacial score (nSPS) is 12.9. The van der Waals surface area contributed by atoms with E-state index in [1.54, 1.807) is 0 Å². The van der Waals surface area contributed by atoms with Crippen LogP contribution in [0, 0.1) is 0 Å². The Bertz CT molecular complexity index is 1230. The number of carboxylic acids is 1. The maximum absolute atomic E-state index is 12.3. The molecule has 0 radical (unpaired) electrons. The number of rotatable bonds is 8. The minimum atomic E-state index is -1.16. The number of hydrogen-bond donors (Lipinski definition) is 4. The highest BCUT2D eigenvalue weighted by Gasteiger charge is 2.29. The zero-order chi connectivity index (χ0) is 24.9. The Morgan fingerprint density at radius 3 is 2.23 bits per heavy atom. The monoisotopic (exact) mass is 538 g/mol. The first-order valence-electron chi connectivity index (χ1n) is 10.9. The quantitative estimate of drug-likeness (QED) is 0.337. The van der Waals surface area contributed by atoms with E-state index in [4.69, 9.17) is 9.84 Å². The molecule has 9 heteroatoms. The lowest BCUT2D eigenvalue weighted by atomic mass is 9.98. The summed E-state index contributed by atoms with van der Waals surface area (Å²) < 4.78 is 5.92. The van der Waals surface area contributed by atoms with E-state index in [0.717, 1.165) is 22.3 Å². The lowest BCUT2D eigenvalue weighted by Gasteiger charge is -2.16. The van der Waals surface area contributed by atoms with Gasteiger partial charge in [0.25, 0.3) is 0 Å². The molecule has 1 aliphatic rings. The molecule has 0 spiro atoms. The van der Waals surface area contributed by atoms with Crippen LogP contribution in [0.4, 0.5) is 10.5 Å². The van der Waals surface area contributed by atoms with Crippen molar-refractivity contribution in [2.75, 3.05) is 18.5 Å². The number of aromatic carboxylic acids is 1. The maximum atomic E-state index is 12.3. The smallest absolute Gasteiger partial charge is 0.407 e. The minimum absolute atomic E-state index is 0.0148. The number of alkyl carbamates (subject to hydrolysis) is 1. The highest BCUT2D eigenvalue weighted by molar-refractivity contribution is 9.10. The SMILES string of the molecule is O=C(CC(O)CNC(=O)OCC1c2ccccc2-c2ccccc21)Nc1cc(C(=O)O)ccc1Br. The topological polar surface area (TPSA) is 125 Å². The first kappa shape index (κ1) is 24.4. The van der Waals surface area contributed by atoms with Crippen LogP contribution in [0.25, 0.3) is 11.1 Å². The predicted octanol–water partition coefficient (Wildman–Crippen LogP) is 4.38. The summed E-state index contributed by atoms with van der Waals surface area (Å²) in [6.07, 6.45) is -2.15. The molecule has 0 bridgehead atoms. The first-order valence-corrected chi connectivity index (χ1v) is 11.7. The van der Waals surface area contributed by atoms with E-state index in [1.165, 1.54) is 18.2 Å². The van der Waals surface area contributed by atoms with E-state index in [-0.39, 0.29) is 36.7 Å². The molecule has 0 aromatic heterocycles. The Balaban J connectivity index is 1.26. The van der Waals surface area contributed by atoms with E-state index in [0.29, 0.717) is 4.47 Å². The van der Waals surface area contributed by atoms with Gasteiger partial charge in [-0.2, -0.15) is 0 Å². The Morgan fingerprint density at radius 2 is 1.60 bits per heavy atom. The van der Waals surface area contributed by atoms with Crippen LogP contribution < -0.4 is 10.6 Å². The van der Waals surface area contributed by atoms with Gasteiger partial charge in [-0.05, 0) is 56.4 Å². The van der Waals surface area contributed by atoms with Gasteiger partial charge in [0.2, 0.25) is 5.91 Å². The molecule has 1 unspecified atom stereocenters. The zero-order valence-electron chi connectivity index (χ0n) is 18.5. The second kappa shape index (κ2) is 10.7. The summed E-state index contributed by atoms with van der Waals surface area (Å²) in [5.74, 6) is -1.74. The second-order valence-electron chi connectivity index (χ2n) is 8.11. The van der Waals surface area contributed by atoms with Gasteiger partial charge in [-0.15, -0.1) is 0 Å². The number of anilines is 1. The van der Waals surface area contributed by atoms with Crippen LogP contribution in [0.5, 0.6) is 0 Å². The van der Waals surface area contributed by atoms with Crippen LogP contribution in [0.3, 0.4) is 0 Å². The van der Waals surface area contributed by atoms with Gasteiger partial charge in [-0.1, -0.05) is 48.5 Å². The lowest BCUT2D eigenvalue weighted by Crippen LogP contribution is -2.35. The molecule has 0 saturated carbocycles. The fraction of sp³-hybridized carbons (Fsp3) is 0.192. The Hall–Kier alpha value is -3.69. The Kier molecular flexibility index (Phi) is 7.48. The molecule has 1 atom stereocenters. The first-order chi connectivity index (χ1) is 16.8. The Labute approximate surface area is 210 Å². The third kappa shape index (κ3) is 5.70. The number of ether oxygens (including phenoxy) is 1. The number of hydrogen-bond acceptors (Lipinski definition) is 5. The van der Waals surface area contributed by atoms with Gasteiger partial charge in [-0.25, -0.2) is 9.59 Å². The molecule has 0 saturated heterocycles. The molecule has 3 aromatic carbocycles. The molecule has 0 heterocycles. The molecule has 4 rings (SSSR count). The van der Waals surface area contributed by atoms with Crippen molar-refractivity contribution in [3.63, 3.8) is 0 Å². The van der Waals surface area contributed by atoms with Gasteiger partial charge < -0.3 is 25.6 Å². The van der Waals surface area contributed by atoms with Crippen molar-refractivity contribution >= 4 is 39.6 Å². The van der Waals surface area contributed by atoms with Crippen molar-refractivity contribution in [2.24, 2.45) is 0 Å². The summed E-state index contributed by atoms with van der Waals surface area (Å²) in [5.41, 5.74) is 4.72. The number of halogens is 1. The summed E-state index contributed by atoms with van der Waals surface area (Å²) in [5, 5.41) is 24.3. The molecule has 35 heavy (non-hydrogen) atoms. The third-order valence-electron chi connectivity index (χ3n) is 5.73. The van der Waals surface area contributed by atoms with E-state index in [2.05, 4.69) is 26.6 Å². The highest BCUT2D eigenvalue weighted by Crippen LogP contribution is 2.44. The minimum Gasteiger partial charge on any atom is -0.478 e. The molecule has 3 aromatic rings. The molecule has 1 aliphatic carbocycles. The van der Waals surface area contributed by atoms with E-state index in [1.807, 2.05) is 48.5 Å². The number of carboxylic acid groups (broad SMARTS) is 1. The molecular formula is C26H23BrN2O6. The summed E-state index contributed by atoms with van der Waals surface area (Å²) >= 11 is 3.25. The van der Waals surface area contributed by atoms with Crippen molar-refractivity contribution in [3.8, 4) is 11.1 Å². The van der Waals surface area contributed by atoms with Crippen LogP contribution >= 0.6 is 15.9 Å². The highest BCUT2D eigenvalue weighted by atomic mass is 79.9. The molecule has 0 fully saturated rings. The lowest BCUT2D eigenvalue weighted by molar-refractivity contribution is -0.118. The molecule has 0 aliphatic heterocycles. The van der Waals surface area contributed by atoms with E-state index in [9.17, 15) is 19.5 Å². The van der Waals surface area contributed by atoms with Crippen molar-refractivity contribution in [1.82, 2.24) is 5.32 Å². The molecular weight excluding hydrogens is 516 g/mol. The molecule has 4 N–H and O–H groups in total. The van der Waals surface area contributed by atoms with E-state index >= 15 is 0 Å². The number of amides is 2. The number of aliphatic hydroxyl groups excluding tert-OH is 1. The number of carbonyl (C=O) groups excluding carboxylic acids is 2. The molecule has 8 nitrogen and oxygen atoms in total. The number of aliphatic hydroxyl groups is 1. The van der Waals surface area contributed by atoms with Gasteiger partial charge in [0.15, 0.2) is 0 Å². The fourth-order valence-electron chi connectivity index (χ4n) is 4.09. The largest absolute Gasteiger partial charge is 0.478 e. The maximum Gasteiger partial charge on any atom is 0.407 e. The van der Waals surface area contributed by atoms with Crippen LogP contribution in [-0.2, 0) is 9.53 Å². The van der Waals surface area contributed by atoms with Crippen molar-refractivity contribution < 1.29 is 29.3 Å². The van der Waals surface area contributed by atoms with Crippen LogP contribution in [0.2, 0.25) is 0 Å². The van der Waals surface area contributed by atoms with Gasteiger partial charge in [0.1, 0.15) is 6.61 Å². The molecule has 2 amide bonds. The van der Waals surface area contributed by atoms with Gasteiger partial charge in [0.05, 0.1) is 23.8 Å².